The van der Waals surface area contributed by atoms with Gasteiger partial charge in [-0.25, -0.2) is 4.79 Å². The van der Waals surface area contributed by atoms with Crippen LogP contribution in [0.1, 0.15) is 66.2 Å². The van der Waals surface area contributed by atoms with Crippen LogP contribution in [0, 0.1) is 0 Å². The SMILES string of the molecule is CCCC1(N2CCC2)CCCN(C(=O)OC(C)(C)C)CC1. The normalized spacial score (nSPS) is 27.9. The molecule has 0 aromatic carbocycles. The standard InChI is InChI=1S/C17H32N2O2/c1-5-8-17(19-12-7-13-19)9-6-11-18(14-10-17)15(20)21-16(2,3)4/h5-14H2,1-4H3. The Hall–Kier alpha value is -0.770. The van der Waals surface area contributed by atoms with E-state index in [1.165, 1.54) is 38.8 Å². The Morgan fingerprint density at radius 2 is 1.81 bits per heavy atom. The van der Waals surface area contributed by atoms with E-state index < -0.39 is 5.60 Å². The van der Waals surface area contributed by atoms with Crippen molar-refractivity contribution in [3.8, 4) is 0 Å². The summed E-state index contributed by atoms with van der Waals surface area (Å²) in [6.07, 6.45) is 7.09. The van der Waals surface area contributed by atoms with Crippen molar-refractivity contribution < 1.29 is 9.53 Å². The number of carbonyl (C=O) groups excluding carboxylic acids is 1. The Labute approximate surface area is 129 Å². The van der Waals surface area contributed by atoms with Gasteiger partial charge in [-0.3, -0.25) is 4.90 Å². The van der Waals surface area contributed by atoms with Crippen molar-refractivity contribution in [2.75, 3.05) is 26.2 Å². The molecule has 122 valence electrons. The number of ether oxygens (including phenoxy) is 1. The first-order chi connectivity index (χ1) is 9.86. The molecular formula is C17H32N2O2. The van der Waals surface area contributed by atoms with Gasteiger partial charge in [-0.2, -0.15) is 0 Å². The number of carbonyl (C=O) groups is 1. The van der Waals surface area contributed by atoms with Gasteiger partial charge in [-0.15, -0.1) is 0 Å². The van der Waals surface area contributed by atoms with Crippen molar-refractivity contribution in [1.82, 2.24) is 9.80 Å². The molecule has 0 spiro atoms. The lowest BCUT2D eigenvalue weighted by atomic mass is 9.82. The fourth-order valence-corrected chi connectivity index (χ4v) is 3.67. The molecule has 1 amide bonds. The predicted molar refractivity (Wildman–Crippen MR) is 85.5 cm³/mol. The second-order valence-corrected chi connectivity index (χ2v) is 7.64. The molecule has 2 heterocycles. The average molecular weight is 296 g/mol. The minimum atomic E-state index is -0.401. The van der Waals surface area contributed by atoms with Crippen molar-refractivity contribution in [3.63, 3.8) is 0 Å². The molecule has 2 rings (SSSR count). The molecule has 4 nitrogen and oxygen atoms in total. The quantitative estimate of drug-likeness (QED) is 0.797. The molecule has 0 bridgehead atoms. The summed E-state index contributed by atoms with van der Waals surface area (Å²) in [5.74, 6) is 0. The molecule has 0 saturated carbocycles. The Bertz CT molecular complexity index is 360. The van der Waals surface area contributed by atoms with E-state index in [0.29, 0.717) is 5.54 Å². The van der Waals surface area contributed by atoms with Crippen LogP contribution < -0.4 is 0 Å². The lowest BCUT2D eigenvalue weighted by Crippen LogP contribution is -2.55. The van der Waals surface area contributed by atoms with Crippen LogP contribution in [0.2, 0.25) is 0 Å². The number of rotatable bonds is 3. The van der Waals surface area contributed by atoms with Crippen molar-refractivity contribution in [3.05, 3.63) is 0 Å². The largest absolute Gasteiger partial charge is 0.444 e. The van der Waals surface area contributed by atoms with Gasteiger partial charge < -0.3 is 9.64 Å². The molecule has 0 aromatic heterocycles. The molecule has 2 fully saturated rings. The van der Waals surface area contributed by atoms with E-state index in [2.05, 4.69) is 11.8 Å². The Morgan fingerprint density at radius 1 is 1.10 bits per heavy atom. The first-order valence-electron chi connectivity index (χ1n) is 8.59. The summed E-state index contributed by atoms with van der Waals surface area (Å²) in [6, 6.07) is 0. The molecule has 1 unspecified atom stereocenters. The maximum Gasteiger partial charge on any atom is 0.410 e. The van der Waals surface area contributed by atoms with E-state index in [1.807, 2.05) is 25.7 Å². The van der Waals surface area contributed by atoms with Gasteiger partial charge in [-0.05, 0) is 66.0 Å². The van der Waals surface area contributed by atoms with Crippen LogP contribution in [0.5, 0.6) is 0 Å². The average Bonchev–Trinajstić information content (AvgIpc) is 2.48. The van der Waals surface area contributed by atoms with Gasteiger partial charge in [0.15, 0.2) is 0 Å². The van der Waals surface area contributed by atoms with Crippen LogP contribution in [0.15, 0.2) is 0 Å². The summed E-state index contributed by atoms with van der Waals surface area (Å²) in [5, 5.41) is 0. The Morgan fingerprint density at radius 3 is 2.33 bits per heavy atom. The zero-order chi connectivity index (χ0) is 15.5. The van der Waals surface area contributed by atoms with Crippen molar-refractivity contribution in [2.45, 2.75) is 77.4 Å². The van der Waals surface area contributed by atoms with Gasteiger partial charge in [0.05, 0.1) is 0 Å². The zero-order valence-corrected chi connectivity index (χ0v) is 14.3. The van der Waals surface area contributed by atoms with E-state index in [9.17, 15) is 4.79 Å². The number of likely N-dealkylation sites (tertiary alicyclic amines) is 2. The van der Waals surface area contributed by atoms with Crippen molar-refractivity contribution in [2.24, 2.45) is 0 Å². The summed E-state index contributed by atoms with van der Waals surface area (Å²) in [6.45, 7) is 12.2. The summed E-state index contributed by atoms with van der Waals surface area (Å²) in [5.41, 5.74) is -0.0644. The van der Waals surface area contributed by atoms with Crippen LogP contribution >= 0.6 is 0 Å². The molecule has 0 radical (unpaired) electrons. The number of amides is 1. The van der Waals surface area contributed by atoms with E-state index in [1.54, 1.807) is 0 Å². The molecule has 4 heteroatoms. The van der Waals surface area contributed by atoms with E-state index >= 15 is 0 Å². The lowest BCUT2D eigenvalue weighted by Gasteiger charge is -2.49. The monoisotopic (exact) mass is 296 g/mol. The molecule has 0 aromatic rings. The van der Waals surface area contributed by atoms with E-state index in [0.717, 1.165) is 25.9 Å². The Kier molecular flexibility index (Phi) is 5.18. The smallest absolute Gasteiger partial charge is 0.410 e. The zero-order valence-electron chi connectivity index (χ0n) is 14.3. The van der Waals surface area contributed by atoms with Gasteiger partial charge in [0.2, 0.25) is 0 Å². The molecule has 0 aliphatic carbocycles. The van der Waals surface area contributed by atoms with Crippen LogP contribution in [-0.2, 0) is 4.74 Å². The van der Waals surface area contributed by atoms with Crippen molar-refractivity contribution >= 4 is 6.09 Å². The molecule has 2 aliphatic rings. The van der Waals surface area contributed by atoms with Crippen LogP contribution in [0.3, 0.4) is 0 Å². The maximum atomic E-state index is 12.3. The number of hydrogen-bond donors (Lipinski definition) is 0. The van der Waals surface area contributed by atoms with Gasteiger partial charge in [0.25, 0.3) is 0 Å². The van der Waals surface area contributed by atoms with Crippen LogP contribution in [-0.4, -0.2) is 53.2 Å². The summed E-state index contributed by atoms with van der Waals surface area (Å²) in [4.78, 5) is 16.9. The highest BCUT2D eigenvalue weighted by Crippen LogP contribution is 2.36. The molecule has 2 aliphatic heterocycles. The third-order valence-electron chi connectivity index (χ3n) is 4.81. The second-order valence-electron chi connectivity index (χ2n) is 7.64. The fourth-order valence-electron chi connectivity index (χ4n) is 3.67. The summed E-state index contributed by atoms with van der Waals surface area (Å²) in [7, 11) is 0. The molecular weight excluding hydrogens is 264 g/mol. The topological polar surface area (TPSA) is 32.8 Å². The summed E-state index contributed by atoms with van der Waals surface area (Å²) >= 11 is 0. The third-order valence-corrected chi connectivity index (χ3v) is 4.81. The third kappa shape index (κ3) is 4.12. The first kappa shape index (κ1) is 16.6. The predicted octanol–water partition coefficient (Wildman–Crippen LogP) is 3.65. The van der Waals surface area contributed by atoms with Gasteiger partial charge >= 0.3 is 6.09 Å². The Balaban J connectivity index is 1.98. The molecule has 2 saturated heterocycles. The fraction of sp³-hybridized carbons (Fsp3) is 0.941. The highest BCUT2D eigenvalue weighted by Gasteiger charge is 2.40. The van der Waals surface area contributed by atoms with E-state index in [-0.39, 0.29) is 6.09 Å². The maximum absolute atomic E-state index is 12.3. The highest BCUT2D eigenvalue weighted by atomic mass is 16.6. The number of nitrogens with zero attached hydrogens (tertiary/aromatic N) is 2. The van der Waals surface area contributed by atoms with Crippen molar-refractivity contribution in [1.29, 1.82) is 0 Å². The number of hydrogen-bond acceptors (Lipinski definition) is 3. The highest BCUT2D eigenvalue weighted by molar-refractivity contribution is 5.68. The van der Waals surface area contributed by atoms with Crippen LogP contribution in [0.4, 0.5) is 4.79 Å². The van der Waals surface area contributed by atoms with Crippen LogP contribution in [0.25, 0.3) is 0 Å². The first-order valence-corrected chi connectivity index (χ1v) is 8.59. The summed E-state index contributed by atoms with van der Waals surface area (Å²) < 4.78 is 5.54. The minimum absolute atomic E-state index is 0.140. The molecule has 21 heavy (non-hydrogen) atoms. The van der Waals surface area contributed by atoms with Gasteiger partial charge in [0, 0.05) is 18.6 Å². The van der Waals surface area contributed by atoms with Gasteiger partial charge in [0.1, 0.15) is 5.60 Å². The second kappa shape index (κ2) is 6.55. The van der Waals surface area contributed by atoms with Gasteiger partial charge in [-0.1, -0.05) is 13.3 Å². The minimum Gasteiger partial charge on any atom is -0.444 e. The lowest BCUT2D eigenvalue weighted by molar-refractivity contribution is 0.00620. The van der Waals surface area contributed by atoms with E-state index in [4.69, 9.17) is 4.74 Å². The molecule has 1 atom stereocenters. The molecule has 0 N–H and O–H groups in total.